The Morgan fingerprint density at radius 3 is 2.59 bits per heavy atom. The van der Waals surface area contributed by atoms with Gasteiger partial charge in [-0.2, -0.15) is 0 Å². The molecule has 172 valence electrons. The summed E-state index contributed by atoms with van der Waals surface area (Å²) in [6.45, 7) is -0.447. The van der Waals surface area contributed by atoms with E-state index < -0.39 is 37.3 Å². The molecule has 1 saturated heterocycles. The van der Waals surface area contributed by atoms with Crippen molar-refractivity contribution in [3.05, 3.63) is 30.4 Å². The standard InChI is InChI=1S/C19H23N5O8/c1-31-16-9(26)3-2-8(12(16)27)4-20-17-11-18(22-6-21-17)24(7-23-11)19-15(30)14(29)13(28)10(5-25)32-19/h2-3,6-7,10,13-15,19,25-30H,4-5H2,1H3,(H,20,21,22)/t10-,13-,14+,15-,19?/m1/s1. The van der Waals surface area contributed by atoms with Crippen LogP contribution in [0.3, 0.4) is 0 Å². The van der Waals surface area contributed by atoms with E-state index in [1.165, 1.54) is 36.5 Å². The van der Waals surface area contributed by atoms with E-state index in [4.69, 9.17) is 9.47 Å². The highest BCUT2D eigenvalue weighted by molar-refractivity contribution is 5.82. The zero-order valence-corrected chi connectivity index (χ0v) is 16.9. The lowest BCUT2D eigenvalue weighted by atomic mass is 9.98. The summed E-state index contributed by atoms with van der Waals surface area (Å²) in [5.74, 6) is -0.164. The van der Waals surface area contributed by atoms with Gasteiger partial charge in [0.25, 0.3) is 0 Å². The zero-order chi connectivity index (χ0) is 23.0. The number of methoxy groups -OCH3 is 1. The van der Waals surface area contributed by atoms with Gasteiger partial charge in [-0.1, -0.05) is 0 Å². The van der Waals surface area contributed by atoms with Crippen LogP contribution in [-0.4, -0.2) is 88.3 Å². The lowest BCUT2D eigenvalue weighted by molar-refractivity contribution is -0.250. The largest absolute Gasteiger partial charge is 0.504 e. The van der Waals surface area contributed by atoms with Crippen molar-refractivity contribution in [1.82, 2.24) is 19.5 Å². The molecule has 3 heterocycles. The molecule has 1 unspecified atom stereocenters. The van der Waals surface area contributed by atoms with E-state index in [9.17, 15) is 30.6 Å². The second-order valence-corrected chi connectivity index (χ2v) is 7.24. The van der Waals surface area contributed by atoms with Crippen molar-refractivity contribution in [3.8, 4) is 17.2 Å². The Morgan fingerprint density at radius 2 is 1.88 bits per heavy atom. The second kappa shape index (κ2) is 8.72. The molecule has 13 nitrogen and oxygen atoms in total. The smallest absolute Gasteiger partial charge is 0.203 e. The number of fused-ring (bicyclic) bond motifs is 1. The first-order valence-electron chi connectivity index (χ1n) is 9.67. The molecule has 4 rings (SSSR count). The van der Waals surface area contributed by atoms with Gasteiger partial charge in [-0.3, -0.25) is 4.57 Å². The van der Waals surface area contributed by atoms with Crippen molar-refractivity contribution in [2.75, 3.05) is 19.0 Å². The Balaban J connectivity index is 1.62. The lowest BCUT2D eigenvalue weighted by Gasteiger charge is -2.40. The number of nitrogens with one attached hydrogen (secondary N) is 1. The number of nitrogens with zero attached hydrogens (tertiary/aromatic N) is 4. The molecule has 1 aromatic carbocycles. The molecule has 0 spiro atoms. The van der Waals surface area contributed by atoms with Crippen LogP contribution in [0, 0.1) is 0 Å². The first kappa shape index (κ1) is 22.0. The Labute approximate surface area is 181 Å². The Morgan fingerprint density at radius 1 is 1.09 bits per heavy atom. The maximum atomic E-state index is 10.4. The van der Waals surface area contributed by atoms with Crippen LogP contribution in [0.25, 0.3) is 11.2 Å². The predicted octanol–water partition coefficient (Wildman–Crippen LogP) is -1.17. The van der Waals surface area contributed by atoms with Crippen LogP contribution < -0.4 is 10.1 Å². The number of aromatic nitrogens is 4. The molecule has 0 amide bonds. The zero-order valence-electron chi connectivity index (χ0n) is 16.9. The van der Waals surface area contributed by atoms with E-state index in [1.807, 2.05) is 0 Å². The molecule has 1 aliphatic heterocycles. The van der Waals surface area contributed by atoms with E-state index in [0.717, 1.165) is 0 Å². The lowest BCUT2D eigenvalue weighted by Crippen LogP contribution is -2.56. The van der Waals surface area contributed by atoms with Crippen molar-refractivity contribution >= 4 is 17.0 Å². The highest BCUT2D eigenvalue weighted by Gasteiger charge is 2.44. The van der Waals surface area contributed by atoms with Gasteiger partial charge < -0.3 is 45.4 Å². The van der Waals surface area contributed by atoms with Crippen LogP contribution in [0.5, 0.6) is 17.2 Å². The van der Waals surface area contributed by atoms with Gasteiger partial charge in [-0.05, 0) is 12.1 Å². The van der Waals surface area contributed by atoms with E-state index in [1.54, 1.807) is 0 Å². The Hall–Kier alpha value is -3.23. The van der Waals surface area contributed by atoms with Crippen molar-refractivity contribution in [3.63, 3.8) is 0 Å². The van der Waals surface area contributed by atoms with Crippen molar-refractivity contribution in [1.29, 1.82) is 0 Å². The fourth-order valence-corrected chi connectivity index (χ4v) is 3.60. The number of aromatic hydroxyl groups is 2. The molecule has 1 fully saturated rings. The summed E-state index contributed by atoms with van der Waals surface area (Å²) in [4.78, 5) is 12.6. The summed E-state index contributed by atoms with van der Waals surface area (Å²) in [6.07, 6.45) is -4.19. The summed E-state index contributed by atoms with van der Waals surface area (Å²) in [7, 11) is 1.33. The number of aliphatic hydroxyl groups is 4. The van der Waals surface area contributed by atoms with Gasteiger partial charge in [-0.25, -0.2) is 15.0 Å². The molecule has 0 radical (unpaired) electrons. The summed E-state index contributed by atoms with van der Waals surface area (Å²) >= 11 is 0. The third-order valence-electron chi connectivity index (χ3n) is 5.34. The van der Waals surface area contributed by atoms with Crippen LogP contribution in [0.15, 0.2) is 24.8 Å². The van der Waals surface area contributed by atoms with Gasteiger partial charge >= 0.3 is 0 Å². The van der Waals surface area contributed by atoms with Crippen molar-refractivity contribution < 1.29 is 40.1 Å². The van der Waals surface area contributed by atoms with E-state index in [0.29, 0.717) is 16.9 Å². The number of rotatable bonds is 6. The van der Waals surface area contributed by atoms with Gasteiger partial charge in [0, 0.05) is 12.1 Å². The topological polar surface area (TPSA) is 195 Å². The molecular formula is C19H23N5O8. The third-order valence-corrected chi connectivity index (χ3v) is 5.34. The van der Waals surface area contributed by atoms with Crippen LogP contribution in [0.4, 0.5) is 5.82 Å². The Kier molecular flexibility index (Phi) is 5.99. The van der Waals surface area contributed by atoms with Crippen LogP contribution in [0.1, 0.15) is 11.8 Å². The maximum absolute atomic E-state index is 10.4. The minimum atomic E-state index is -1.55. The van der Waals surface area contributed by atoms with Crippen LogP contribution in [-0.2, 0) is 11.3 Å². The highest BCUT2D eigenvalue weighted by Crippen LogP contribution is 2.38. The van der Waals surface area contributed by atoms with Crippen LogP contribution >= 0.6 is 0 Å². The normalized spacial score (nSPS) is 25.7. The average molecular weight is 449 g/mol. The fraction of sp³-hybridized carbons (Fsp3) is 0.421. The molecule has 2 aromatic heterocycles. The molecule has 0 bridgehead atoms. The molecule has 13 heteroatoms. The molecular weight excluding hydrogens is 426 g/mol. The molecule has 0 aliphatic carbocycles. The highest BCUT2D eigenvalue weighted by atomic mass is 16.6. The molecule has 3 aromatic rings. The predicted molar refractivity (Wildman–Crippen MR) is 108 cm³/mol. The SMILES string of the molecule is COc1c(O)ccc(CNc2ncnc3c2ncn3C2O[C@H](CO)[C@@H](O)[C@H](O)[C@H]2O)c1O. The quantitative estimate of drug-likeness (QED) is 0.239. The summed E-state index contributed by atoms with van der Waals surface area (Å²) < 4.78 is 11.9. The number of imidazole rings is 1. The van der Waals surface area contributed by atoms with Gasteiger partial charge in [0.05, 0.1) is 20.0 Å². The fourth-order valence-electron chi connectivity index (χ4n) is 3.60. The van der Waals surface area contributed by atoms with Gasteiger partial charge in [-0.15, -0.1) is 0 Å². The van der Waals surface area contributed by atoms with Gasteiger partial charge in [0.2, 0.25) is 5.75 Å². The minimum Gasteiger partial charge on any atom is -0.504 e. The average Bonchev–Trinajstić information content (AvgIpc) is 3.22. The molecule has 5 atom stereocenters. The number of phenolic OH excluding ortho intramolecular Hbond substituents is 2. The van der Waals surface area contributed by atoms with Crippen molar-refractivity contribution in [2.24, 2.45) is 0 Å². The number of ether oxygens (including phenoxy) is 2. The number of anilines is 1. The Bertz CT molecular complexity index is 1110. The number of hydrogen-bond acceptors (Lipinski definition) is 12. The second-order valence-electron chi connectivity index (χ2n) is 7.24. The molecule has 32 heavy (non-hydrogen) atoms. The molecule has 7 N–H and O–H groups in total. The first-order valence-corrected chi connectivity index (χ1v) is 9.67. The van der Waals surface area contributed by atoms with Gasteiger partial charge in [0.1, 0.15) is 30.7 Å². The van der Waals surface area contributed by atoms with E-state index >= 15 is 0 Å². The molecule has 0 saturated carbocycles. The first-order chi connectivity index (χ1) is 15.4. The summed E-state index contributed by atoms with van der Waals surface area (Å²) in [6, 6.07) is 2.91. The third kappa shape index (κ3) is 3.65. The summed E-state index contributed by atoms with van der Waals surface area (Å²) in [5, 5.41) is 62.9. The van der Waals surface area contributed by atoms with Gasteiger partial charge in [0.15, 0.2) is 34.7 Å². The maximum Gasteiger partial charge on any atom is 0.203 e. The van der Waals surface area contributed by atoms with E-state index in [2.05, 4.69) is 20.3 Å². The van der Waals surface area contributed by atoms with Crippen LogP contribution in [0.2, 0.25) is 0 Å². The number of hydrogen-bond donors (Lipinski definition) is 7. The van der Waals surface area contributed by atoms with Crippen molar-refractivity contribution in [2.45, 2.75) is 37.2 Å². The monoisotopic (exact) mass is 449 g/mol. The number of benzene rings is 1. The number of phenols is 2. The number of aliphatic hydroxyl groups excluding tert-OH is 4. The summed E-state index contributed by atoms with van der Waals surface area (Å²) in [5.41, 5.74) is 1.01. The molecule has 1 aliphatic rings. The minimum absolute atomic E-state index is 0.0518. The van der Waals surface area contributed by atoms with E-state index in [-0.39, 0.29) is 29.4 Å².